The van der Waals surface area contributed by atoms with Crippen molar-refractivity contribution in [2.24, 2.45) is 0 Å². The highest BCUT2D eigenvalue weighted by Gasteiger charge is 2.21. The molecule has 0 fully saturated rings. The summed E-state index contributed by atoms with van der Waals surface area (Å²) in [7, 11) is 1.03. The van der Waals surface area contributed by atoms with Crippen LogP contribution in [0.1, 0.15) is 11.7 Å². The lowest BCUT2D eigenvalue weighted by molar-refractivity contribution is -0.150. The number of hydrogen-bond donors (Lipinski definition) is 2. The maximum Gasteiger partial charge on any atom is 0.339 e. The van der Waals surface area contributed by atoms with Gasteiger partial charge in [-0.3, -0.25) is 0 Å². The van der Waals surface area contributed by atoms with Gasteiger partial charge >= 0.3 is 5.97 Å². The number of ether oxygens (including phenoxy) is 1. The van der Waals surface area contributed by atoms with Crippen molar-refractivity contribution in [2.75, 3.05) is 7.11 Å². The van der Waals surface area contributed by atoms with Crippen molar-refractivity contribution in [3.05, 3.63) is 29.3 Å². The third-order valence-corrected chi connectivity index (χ3v) is 1.78. The van der Waals surface area contributed by atoms with Gasteiger partial charge in [0.15, 0.2) is 23.5 Å². The molecule has 1 aromatic carbocycles. The predicted octanol–water partition coefficient (Wildman–Crippen LogP) is 0.877. The van der Waals surface area contributed by atoms with E-state index in [2.05, 4.69) is 4.74 Å². The summed E-state index contributed by atoms with van der Waals surface area (Å²) in [6.07, 6.45) is -1.78. The molecule has 15 heavy (non-hydrogen) atoms. The highest BCUT2D eigenvalue weighted by Crippen LogP contribution is 2.25. The number of carbonyl (C=O) groups excluding carboxylic acids is 1. The Morgan fingerprint density at radius 1 is 1.40 bits per heavy atom. The minimum absolute atomic E-state index is 0.324. The highest BCUT2D eigenvalue weighted by molar-refractivity contribution is 5.76. The molecular formula is C9H8F2O4. The van der Waals surface area contributed by atoms with Crippen LogP contribution >= 0.6 is 0 Å². The van der Waals surface area contributed by atoms with E-state index in [0.717, 1.165) is 7.11 Å². The monoisotopic (exact) mass is 218 g/mol. The van der Waals surface area contributed by atoms with Gasteiger partial charge in [-0.15, -0.1) is 0 Å². The van der Waals surface area contributed by atoms with Crippen LogP contribution in [0.3, 0.4) is 0 Å². The normalized spacial score (nSPS) is 12.3. The summed E-state index contributed by atoms with van der Waals surface area (Å²) in [4.78, 5) is 10.8. The molecule has 0 bridgehead atoms. The largest absolute Gasteiger partial charge is 0.503 e. The Hall–Kier alpha value is -1.69. The van der Waals surface area contributed by atoms with E-state index in [9.17, 15) is 18.7 Å². The number of methoxy groups -OCH3 is 1. The molecule has 0 aliphatic carbocycles. The Bertz CT molecular complexity index is 369. The average Bonchev–Trinajstić information content (AvgIpc) is 2.23. The molecule has 0 spiro atoms. The molecule has 1 atom stereocenters. The van der Waals surface area contributed by atoms with Crippen LogP contribution in [0.2, 0.25) is 0 Å². The van der Waals surface area contributed by atoms with Gasteiger partial charge in [-0.2, -0.15) is 0 Å². The molecule has 0 aliphatic heterocycles. The molecule has 0 radical (unpaired) electrons. The Morgan fingerprint density at radius 3 is 2.27 bits per heavy atom. The Balaban J connectivity index is 3.11. The van der Waals surface area contributed by atoms with Gasteiger partial charge in [-0.1, -0.05) is 0 Å². The van der Waals surface area contributed by atoms with Gasteiger partial charge in [0.1, 0.15) is 0 Å². The van der Waals surface area contributed by atoms with Gasteiger partial charge < -0.3 is 14.9 Å². The number of esters is 1. The molecule has 0 aromatic heterocycles. The second kappa shape index (κ2) is 4.22. The molecule has 0 saturated carbocycles. The van der Waals surface area contributed by atoms with Crippen molar-refractivity contribution in [2.45, 2.75) is 6.10 Å². The average molecular weight is 218 g/mol. The minimum Gasteiger partial charge on any atom is -0.503 e. The van der Waals surface area contributed by atoms with Gasteiger partial charge in [0.25, 0.3) is 0 Å². The fourth-order valence-electron chi connectivity index (χ4n) is 0.991. The number of phenolic OH excluding ortho intramolecular Hbond substituents is 1. The van der Waals surface area contributed by atoms with E-state index in [0.29, 0.717) is 12.1 Å². The molecule has 6 heteroatoms. The first kappa shape index (κ1) is 11.4. The van der Waals surface area contributed by atoms with Gasteiger partial charge in [0, 0.05) is 0 Å². The third kappa shape index (κ3) is 2.21. The van der Waals surface area contributed by atoms with Crippen molar-refractivity contribution in [3.8, 4) is 5.75 Å². The zero-order valence-electron chi connectivity index (χ0n) is 7.70. The maximum absolute atomic E-state index is 12.8. The molecule has 1 unspecified atom stereocenters. The number of halogens is 2. The molecule has 4 nitrogen and oxygen atoms in total. The summed E-state index contributed by atoms with van der Waals surface area (Å²) in [5.74, 6) is -4.71. The lowest BCUT2D eigenvalue weighted by atomic mass is 10.1. The lowest BCUT2D eigenvalue weighted by Crippen LogP contribution is -2.13. The lowest BCUT2D eigenvalue weighted by Gasteiger charge is -2.09. The summed E-state index contributed by atoms with van der Waals surface area (Å²) in [5.41, 5.74) is -0.324. The fraction of sp³-hybridized carbons (Fsp3) is 0.222. The molecule has 2 N–H and O–H groups in total. The van der Waals surface area contributed by atoms with E-state index >= 15 is 0 Å². The Labute approximate surface area is 83.7 Å². The molecule has 0 saturated heterocycles. The second-order valence-electron chi connectivity index (χ2n) is 2.76. The Morgan fingerprint density at radius 2 is 1.87 bits per heavy atom. The van der Waals surface area contributed by atoms with E-state index < -0.39 is 29.5 Å². The number of carbonyl (C=O) groups is 1. The fourth-order valence-corrected chi connectivity index (χ4v) is 0.991. The number of aromatic hydroxyl groups is 1. The van der Waals surface area contributed by atoms with Gasteiger partial charge in [0.05, 0.1) is 7.11 Å². The molecule has 1 rings (SSSR count). The molecule has 1 aromatic rings. The number of rotatable bonds is 2. The highest BCUT2D eigenvalue weighted by atomic mass is 19.1. The van der Waals surface area contributed by atoms with E-state index in [-0.39, 0.29) is 5.56 Å². The van der Waals surface area contributed by atoms with E-state index in [1.165, 1.54) is 0 Å². The van der Waals surface area contributed by atoms with Crippen LogP contribution in [0.25, 0.3) is 0 Å². The SMILES string of the molecule is COC(=O)C(O)c1cc(F)c(O)c(F)c1. The number of aliphatic hydroxyl groups excluding tert-OH is 1. The van der Waals surface area contributed by atoms with Crippen molar-refractivity contribution in [1.29, 1.82) is 0 Å². The first-order chi connectivity index (χ1) is 6.97. The quantitative estimate of drug-likeness (QED) is 0.723. The van der Waals surface area contributed by atoms with E-state index in [1.807, 2.05) is 0 Å². The smallest absolute Gasteiger partial charge is 0.339 e. The zero-order valence-corrected chi connectivity index (χ0v) is 7.70. The van der Waals surface area contributed by atoms with Crippen molar-refractivity contribution < 1.29 is 28.5 Å². The van der Waals surface area contributed by atoms with Crippen molar-refractivity contribution in [1.82, 2.24) is 0 Å². The van der Waals surface area contributed by atoms with Crippen LogP contribution < -0.4 is 0 Å². The van der Waals surface area contributed by atoms with Gasteiger partial charge in [-0.25, -0.2) is 13.6 Å². The van der Waals surface area contributed by atoms with Crippen molar-refractivity contribution >= 4 is 5.97 Å². The summed E-state index contributed by atoms with van der Waals surface area (Å²) < 4.78 is 29.8. The van der Waals surface area contributed by atoms with Gasteiger partial charge in [-0.05, 0) is 17.7 Å². The summed E-state index contributed by atoms with van der Waals surface area (Å²) in [6, 6.07) is 1.31. The summed E-state index contributed by atoms with van der Waals surface area (Å²) in [6.45, 7) is 0. The zero-order chi connectivity index (χ0) is 11.6. The van der Waals surface area contributed by atoms with Crippen LogP contribution in [-0.2, 0) is 9.53 Å². The molecule has 0 heterocycles. The van der Waals surface area contributed by atoms with Crippen LogP contribution in [0.15, 0.2) is 12.1 Å². The van der Waals surface area contributed by atoms with Crippen LogP contribution in [0.4, 0.5) is 8.78 Å². The standard InChI is InChI=1S/C9H8F2O4/c1-15-9(14)7(12)4-2-5(10)8(13)6(11)3-4/h2-3,7,12-13H,1H3. The summed E-state index contributed by atoms with van der Waals surface area (Å²) in [5, 5.41) is 18.0. The molecule has 0 aliphatic rings. The number of phenols is 1. The maximum atomic E-state index is 12.8. The first-order valence-electron chi connectivity index (χ1n) is 3.91. The van der Waals surface area contributed by atoms with E-state index in [1.54, 1.807) is 0 Å². The second-order valence-corrected chi connectivity index (χ2v) is 2.76. The number of hydrogen-bond acceptors (Lipinski definition) is 4. The van der Waals surface area contributed by atoms with E-state index in [4.69, 9.17) is 5.11 Å². The van der Waals surface area contributed by atoms with Crippen LogP contribution in [0, 0.1) is 11.6 Å². The molecule has 82 valence electrons. The topological polar surface area (TPSA) is 66.8 Å². The van der Waals surface area contributed by atoms with Crippen molar-refractivity contribution in [3.63, 3.8) is 0 Å². The van der Waals surface area contributed by atoms with Crippen LogP contribution in [0.5, 0.6) is 5.75 Å². The summed E-state index contributed by atoms with van der Waals surface area (Å²) >= 11 is 0. The first-order valence-corrected chi connectivity index (χ1v) is 3.91. The Kier molecular flexibility index (Phi) is 3.21. The minimum atomic E-state index is -1.78. The molecular weight excluding hydrogens is 210 g/mol. The number of benzene rings is 1. The molecule has 0 amide bonds. The predicted molar refractivity (Wildman–Crippen MR) is 45.0 cm³/mol. The third-order valence-electron chi connectivity index (χ3n) is 1.78. The van der Waals surface area contributed by atoms with Gasteiger partial charge in [0.2, 0.25) is 0 Å². The van der Waals surface area contributed by atoms with Crippen LogP contribution in [-0.4, -0.2) is 23.3 Å². The number of aliphatic hydroxyl groups is 1.